The summed E-state index contributed by atoms with van der Waals surface area (Å²) in [6.07, 6.45) is 4.42. The van der Waals surface area contributed by atoms with Crippen molar-refractivity contribution in [3.05, 3.63) is 18.2 Å². The van der Waals surface area contributed by atoms with Crippen molar-refractivity contribution in [2.75, 3.05) is 36.9 Å². The van der Waals surface area contributed by atoms with Crippen molar-refractivity contribution in [3.8, 4) is 0 Å². The lowest BCUT2D eigenvalue weighted by molar-refractivity contribution is -0.130. The van der Waals surface area contributed by atoms with E-state index in [0.717, 1.165) is 32.2 Å². The zero-order valence-corrected chi connectivity index (χ0v) is 12.9. The van der Waals surface area contributed by atoms with Gasteiger partial charge in [-0.05, 0) is 37.5 Å². The van der Waals surface area contributed by atoms with E-state index in [1.54, 1.807) is 6.07 Å². The number of amides is 1. The van der Waals surface area contributed by atoms with Crippen molar-refractivity contribution < 1.29 is 13.2 Å². The number of nitrogens with zero attached hydrogens (tertiary/aromatic N) is 1. The van der Waals surface area contributed by atoms with E-state index in [9.17, 15) is 13.2 Å². The van der Waals surface area contributed by atoms with Gasteiger partial charge in [0.25, 0.3) is 0 Å². The van der Waals surface area contributed by atoms with E-state index in [1.807, 2.05) is 4.90 Å². The molecule has 1 heterocycles. The van der Waals surface area contributed by atoms with Gasteiger partial charge in [0.05, 0.1) is 22.8 Å². The molecule has 0 spiro atoms. The van der Waals surface area contributed by atoms with Crippen LogP contribution in [0.4, 0.5) is 11.4 Å². The van der Waals surface area contributed by atoms with Gasteiger partial charge in [0.1, 0.15) is 0 Å². The number of rotatable bonds is 4. The van der Waals surface area contributed by atoms with Crippen LogP contribution in [0, 0.1) is 0 Å². The van der Waals surface area contributed by atoms with E-state index in [1.165, 1.54) is 18.6 Å². The fourth-order valence-electron chi connectivity index (χ4n) is 2.36. The fraction of sp³-hybridized carbons (Fsp3) is 0.500. The molecule has 1 aromatic carbocycles. The topological polar surface area (TPSA) is 92.5 Å². The fourth-order valence-corrected chi connectivity index (χ4v) is 3.01. The highest BCUT2D eigenvalue weighted by Crippen LogP contribution is 2.22. The second-order valence-electron chi connectivity index (χ2n) is 5.32. The van der Waals surface area contributed by atoms with Gasteiger partial charge in [0.15, 0.2) is 9.84 Å². The monoisotopic (exact) mass is 311 g/mol. The van der Waals surface area contributed by atoms with Gasteiger partial charge < -0.3 is 16.0 Å². The summed E-state index contributed by atoms with van der Waals surface area (Å²) in [4.78, 5) is 14.1. The van der Waals surface area contributed by atoms with Gasteiger partial charge in [0.2, 0.25) is 5.91 Å². The molecule has 1 fully saturated rings. The van der Waals surface area contributed by atoms with Crippen molar-refractivity contribution in [2.24, 2.45) is 0 Å². The smallest absolute Gasteiger partial charge is 0.241 e. The average molecular weight is 311 g/mol. The number of anilines is 2. The summed E-state index contributed by atoms with van der Waals surface area (Å²) in [7, 11) is -3.27. The van der Waals surface area contributed by atoms with E-state index in [2.05, 4.69) is 5.32 Å². The molecule has 6 nitrogen and oxygen atoms in total. The maximum Gasteiger partial charge on any atom is 0.241 e. The number of hydrogen-bond donors (Lipinski definition) is 2. The molecule has 0 atom stereocenters. The minimum Gasteiger partial charge on any atom is -0.397 e. The van der Waals surface area contributed by atoms with Crippen molar-refractivity contribution >= 4 is 27.1 Å². The number of carbonyl (C=O) groups excluding carboxylic acids is 1. The molecule has 1 aliphatic rings. The third kappa shape index (κ3) is 4.10. The minimum atomic E-state index is -3.27. The Hall–Kier alpha value is -1.76. The molecular weight excluding hydrogens is 290 g/mol. The number of nitrogens with two attached hydrogens (primary N) is 1. The third-order valence-electron chi connectivity index (χ3n) is 3.59. The standard InChI is InChI=1S/C14H21N3O3S/c1-21(19,20)11-5-6-13(12(15)9-11)16-10-14(18)17-7-3-2-4-8-17/h5-6,9,16H,2-4,7-8,10,15H2,1H3. The highest BCUT2D eigenvalue weighted by atomic mass is 32.2. The van der Waals surface area contributed by atoms with Crippen LogP contribution in [0.3, 0.4) is 0 Å². The highest BCUT2D eigenvalue weighted by Gasteiger charge is 2.16. The summed E-state index contributed by atoms with van der Waals surface area (Å²) in [6.45, 7) is 1.79. The van der Waals surface area contributed by atoms with E-state index in [0.29, 0.717) is 11.4 Å². The molecule has 1 aliphatic heterocycles. The Morgan fingerprint density at radius 1 is 1.29 bits per heavy atom. The highest BCUT2D eigenvalue weighted by molar-refractivity contribution is 7.90. The van der Waals surface area contributed by atoms with E-state index >= 15 is 0 Å². The number of nitrogen functional groups attached to an aromatic ring is 1. The molecule has 1 saturated heterocycles. The molecule has 116 valence electrons. The lowest BCUT2D eigenvalue weighted by Crippen LogP contribution is -2.39. The molecule has 0 unspecified atom stereocenters. The molecule has 7 heteroatoms. The molecule has 0 bridgehead atoms. The van der Waals surface area contributed by atoms with Gasteiger partial charge in [-0.2, -0.15) is 0 Å². The summed E-state index contributed by atoms with van der Waals surface area (Å²) < 4.78 is 22.9. The Morgan fingerprint density at radius 3 is 2.52 bits per heavy atom. The zero-order chi connectivity index (χ0) is 15.5. The van der Waals surface area contributed by atoms with Gasteiger partial charge in [-0.1, -0.05) is 0 Å². The van der Waals surface area contributed by atoms with Crippen LogP contribution in [0.1, 0.15) is 19.3 Å². The van der Waals surface area contributed by atoms with Gasteiger partial charge in [-0.3, -0.25) is 4.79 Å². The molecule has 1 aromatic rings. The molecule has 0 saturated carbocycles. The third-order valence-corrected chi connectivity index (χ3v) is 4.70. The van der Waals surface area contributed by atoms with Crippen LogP contribution in [0.25, 0.3) is 0 Å². The Morgan fingerprint density at radius 2 is 1.95 bits per heavy atom. The van der Waals surface area contributed by atoms with Crippen molar-refractivity contribution in [3.63, 3.8) is 0 Å². The number of hydrogen-bond acceptors (Lipinski definition) is 5. The summed E-state index contributed by atoms with van der Waals surface area (Å²) in [5, 5.41) is 2.98. The van der Waals surface area contributed by atoms with E-state index < -0.39 is 9.84 Å². The number of carbonyl (C=O) groups is 1. The summed E-state index contributed by atoms with van der Waals surface area (Å²) in [5.41, 5.74) is 6.73. The molecule has 0 aliphatic carbocycles. The van der Waals surface area contributed by atoms with Gasteiger partial charge in [0, 0.05) is 19.3 Å². The Balaban J connectivity index is 1.98. The van der Waals surface area contributed by atoms with Gasteiger partial charge >= 0.3 is 0 Å². The van der Waals surface area contributed by atoms with Gasteiger partial charge in [-0.15, -0.1) is 0 Å². The molecule has 21 heavy (non-hydrogen) atoms. The van der Waals surface area contributed by atoms with Crippen LogP contribution < -0.4 is 11.1 Å². The maximum atomic E-state index is 12.0. The van der Waals surface area contributed by atoms with Crippen LogP contribution in [-0.2, 0) is 14.6 Å². The number of benzene rings is 1. The summed E-state index contributed by atoms with van der Waals surface area (Å²) in [6, 6.07) is 4.48. The van der Waals surface area contributed by atoms with Crippen LogP contribution in [0.15, 0.2) is 23.1 Å². The maximum absolute atomic E-state index is 12.0. The first-order valence-corrected chi connectivity index (χ1v) is 8.88. The molecule has 3 N–H and O–H groups in total. The zero-order valence-electron chi connectivity index (χ0n) is 12.1. The number of likely N-dealkylation sites (tertiary alicyclic amines) is 1. The minimum absolute atomic E-state index is 0.0429. The lowest BCUT2D eigenvalue weighted by Gasteiger charge is -2.27. The van der Waals surface area contributed by atoms with E-state index in [4.69, 9.17) is 5.73 Å². The quantitative estimate of drug-likeness (QED) is 0.812. The first-order chi connectivity index (χ1) is 9.88. The average Bonchev–Trinajstić information content (AvgIpc) is 2.45. The second-order valence-corrected chi connectivity index (χ2v) is 7.33. The lowest BCUT2D eigenvalue weighted by atomic mass is 10.1. The van der Waals surface area contributed by atoms with Crippen LogP contribution in [0.5, 0.6) is 0 Å². The van der Waals surface area contributed by atoms with Crippen molar-refractivity contribution in [1.82, 2.24) is 4.90 Å². The Bertz CT molecular complexity index is 622. The first kappa shape index (κ1) is 15.6. The number of nitrogens with one attached hydrogen (secondary N) is 1. The summed E-state index contributed by atoms with van der Waals surface area (Å²) >= 11 is 0. The first-order valence-electron chi connectivity index (χ1n) is 6.99. The molecular formula is C14H21N3O3S. The normalized spacial score (nSPS) is 15.8. The van der Waals surface area contributed by atoms with Crippen LogP contribution in [0.2, 0.25) is 0 Å². The van der Waals surface area contributed by atoms with Crippen LogP contribution in [-0.4, -0.2) is 45.1 Å². The molecule has 0 radical (unpaired) electrons. The van der Waals surface area contributed by atoms with Crippen molar-refractivity contribution in [2.45, 2.75) is 24.2 Å². The van der Waals surface area contributed by atoms with Gasteiger partial charge in [-0.25, -0.2) is 8.42 Å². The SMILES string of the molecule is CS(=O)(=O)c1ccc(NCC(=O)N2CCCCC2)c(N)c1. The predicted octanol–water partition coefficient (Wildman–Crippen LogP) is 1.10. The molecule has 2 rings (SSSR count). The Labute approximate surface area is 125 Å². The number of sulfone groups is 1. The molecule has 1 amide bonds. The largest absolute Gasteiger partial charge is 0.397 e. The van der Waals surface area contributed by atoms with E-state index in [-0.39, 0.29) is 17.3 Å². The predicted molar refractivity (Wildman–Crippen MR) is 82.9 cm³/mol. The molecule has 0 aromatic heterocycles. The summed E-state index contributed by atoms with van der Waals surface area (Å²) in [5.74, 6) is 0.0429. The second kappa shape index (κ2) is 6.34. The van der Waals surface area contributed by atoms with Crippen LogP contribution >= 0.6 is 0 Å². The van der Waals surface area contributed by atoms with Crippen molar-refractivity contribution in [1.29, 1.82) is 0 Å². The Kier molecular flexibility index (Phi) is 4.72. The number of piperidine rings is 1.